The molecule has 5 rings (SSSR count). The molecule has 1 amide bonds. The van der Waals surface area contributed by atoms with E-state index in [9.17, 15) is 14.7 Å². The third-order valence-corrected chi connectivity index (χ3v) is 6.28. The molecule has 0 saturated carbocycles. The van der Waals surface area contributed by atoms with Crippen LogP contribution in [0.5, 0.6) is 11.5 Å². The summed E-state index contributed by atoms with van der Waals surface area (Å²) in [4.78, 5) is 27.8. The largest absolute Gasteiger partial charge is 0.507 e. The van der Waals surface area contributed by atoms with Gasteiger partial charge < -0.3 is 19.5 Å². The van der Waals surface area contributed by atoms with Crippen molar-refractivity contribution in [3.8, 4) is 11.5 Å². The van der Waals surface area contributed by atoms with Crippen LogP contribution in [0.25, 0.3) is 5.76 Å². The van der Waals surface area contributed by atoms with E-state index >= 15 is 0 Å². The highest BCUT2D eigenvalue weighted by Gasteiger charge is 2.45. The zero-order valence-corrected chi connectivity index (χ0v) is 19.0. The molecule has 1 unspecified atom stereocenters. The second-order valence-corrected chi connectivity index (χ2v) is 8.57. The first-order valence-electron chi connectivity index (χ1n) is 11.0. The maximum atomic E-state index is 13.2. The number of nitrogens with zero attached hydrogens (tertiary/aromatic N) is 1. The number of ether oxygens (including phenoxy) is 2. The topological polar surface area (TPSA) is 76.1 Å². The summed E-state index contributed by atoms with van der Waals surface area (Å²) in [6.07, 6.45) is 0.571. The summed E-state index contributed by atoms with van der Waals surface area (Å²) in [6.45, 7) is 1.16. The predicted octanol–water partition coefficient (Wildman–Crippen LogP) is 4.78. The average molecular weight is 476 g/mol. The summed E-state index contributed by atoms with van der Waals surface area (Å²) in [6, 6.07) is 20.9. The van der Waals surface area contributed by atoms with Gasteiger partial charge in [0.15, 0.2) is 11.5 Å². The third-order valence-electron chi connectivity index (χ3n) is 6.03. The van der Waals surface area contributed by atoms with Crippen molar-refractivity contribution in [2.45, 2.75) is 12.5 Å². The standard InChI is InChI=1S/C27H22ClNO5/c28-20-9-6-18(7-10-20)24-23(25(30)19-8-11-21-22(16-19)34-15-14-33-21)26(31)27(32)29(24)13-12-17-4-2-1-3-5-17/h1-11,16,24,30H,12-15H2. The molecule has 0 bridgehead atoms. The highest BCUT2D eigenvalue weighted by atomic mass is 35.5. The van der Waals surface area contributed by atoms with Crippen LogP contribution < -0.4 is 9.47 Å². The normalized spacial score (nSPS) is 18.9. The van der Waals surface area contributed by atoms with Crippen molar-refractivity contribution in [3.05, 3.63) is 100 Å². The van der Waals surface area contributed by atoms with Gasteiger partial charge in [0.2, 0.25) is 0 Å². The summed E-state index contributed by atoms with van der Waals surface area (Å²) in [5.74, 6) is -0.565. The molecule has 1 fully saturated rings. The van der Waals surface area contributed by atoms with E-state index < -0.39 is 17.7 Å². The van der Waals surface area contributed by atoms with Crippen molar-refractivity contribution < 1.29 is 24.2 Å². The number of hydrogen-bond acceptors (Lipinski definition) is 5. The zero-order chi connectivity index (χ0) is 23.7. The van der Waals surface area contributed by atoms with Crippen LogP contribution in [-0.4, -0.2) is 41.5 Å². The number of Topliss-reactive ketones (excluding diaryl/α,β-unsaturated/α-hetero) is 1. The molecular formula is C27H22ClNO5. The molecule has 1 N–H and O–H groups in total. The molecule has 2 heterocycles. The molecule has 0 radical (unpaired) electrons. The lowest BCUT2D eigenvalue weighted by Gasteiger charge is -2.25. The Morgan fingerprint density at radius 1 is 0.941 bits per heavy atom. The third kappa shape index (κ3) is 4.13. The van der Waals surface area contributed by atoms with E-state index in [1.54, 1.807) is 42.5 Å². The number of carbonyl (C=O) groups is 2. The highest BCUT2D eigenvalue weighted by molar-refractivity contribution is 6.46. The molecule has 0 spiro atoms. The zero-order valence-electron chi connectivity index (χ0n) is 18.2. The second kappa shape index (κ2) is 9.23. The Labute approximate surface area is 202 Å². The number of halogens is 1. The first kappa shape index (κ1) is 22.0. The molecule has 0 aromatic heterocycles. The van der Waals surface area contributed by atoms with Crippen LogP contribution in [0.1, 0.15) is 22.7 Å². The van der Waals surface area contributed by atoms with E-state index in [0.717, 1.165) is 5.56 Å². The lowest BCUT2D eigenvalue weighted by Crippen LogP contribution is -2.31. The summed E-state index contributed by atoms with van der Waals surface area (Å²) >= 11 is 6.08. The number of aliphatic hydroxyl groups is 1. The van der Waals surface area contributed by atoms with Crippen LogP contribution in [0.2, 0.25) is 5.02 Å². The van der Waals surface area contributed by atoms with E-state index in [1.165, 1.54) is 4.90 Å². The van der Waals surface area contributed by atoms with Crippen molar-refractivity contribution in [2.24, 2.45) is 0 Å². The Balaban J connectivity index is 1.57. The van der Waals surface area contributed by atoms with E-state index in [0.29, 0.717) is 53.8 Å². The van der Waals surface area contributed by atoms with E-state index in [2.05, 4.69) is 0 Å². The van der Waals surface area contributed by atoms with Gasteiger partial charge in [-0.05, 0) is 47.9 Å². The number of benzene rings is 3. The number of hydrogen-bond donors (Lipinski definition) is 1. The van der Waals surface area contributed by atoms with Crippen LogP contribution in [-0.2, 0) is 16.0 Å². The quantitative estimate of drug-likeness (QED) is 0.326. The Morgan fingerprint density at radius 2 is 1.65 bits per heavy atom. The van der Waals surface area contributed by atoms with Crippen molar-refractivity contribution in [2.75, 3.05) is 19.8 Å². The smallest absolute Gasteiger partial charge is 0.295 e. The van der Waals surface area contributed by atoms with Crippen LogP contribution in [0, 0.1) is 0 Å². The van der Waals surface area contributed by atoms with Crippen LogP contribution in [0.15, 0.2) is 78.4 Å². The van der Waals surface area contributed by atoms with Gasteiger partial charge in [-0.25, -0.2) is 0 Å². The minimum absolute atomic E-state index is 0.0389. The minimum atomic E-state index is -0.742. The number of likely N-dealkylation sites (tertiary alicyclic amines) is 1. The lowest BCUT2D eigenvalue weighted by molar-refractivity contribution is -0.139. The van der Waals surface area contributed by atoms with Gasteiger partial charge in [-0.2, -0.15) is 0 Å². The van der Waals surface area contributed by atoms with Gasteiger partial charge in [-0.3, -0.25) is 9.59 Å². The van der Waals surface area contributed by atoms with E-state index in [4.69, 9.17) is 21.1 Å². The number of rotatable bonds is 5. The molecule has 7 heteroatoms. The van der Waals surface area contributed by atoms with E-state index in [-0.39, 0.29) is 11.3 Å². The number of aliphatic hydroxyl groups excluding tert-OH is 1. The van der Waals surface area contributed by atoms with Crippen LogP contribution in [0.3, 0.4) is 0 Å². The lowest BCUT2D eigenvalue weighted by atomic mass is 9.95. The molecule has 34 heavy (non-hydrogen) atoms. The summed E-state index contributed by atoms with van der Waals surface area (Å²) in [5, 5.41) is 11.8. The van der Waals surface area contributed by atoms with Crippen LogP contribution >= 0.6 is 11.6 Å². The molecule has 2 aliphatic rings. The minimum Gasteiger partial charge on any atom is -0.507 e. The Bertz CT molecular complexity index is 1270. The maximum absolute atomic E-state index is 13.2. The number of fused-ring (bicyclic) bond motifs is 1. The SMILES string of the molecule is O=C1C(=O)N(CCc2ccccc2)C(c2ccc(Cl)cc2)C1=C(O)c1ccc2c(c1)OCCO2. The molecule has 2 aliphatic heterocycles. The predicted molar refractivity (Wildman–Crippen MR) is 128 cm³/mol. The molecule has 1 atom stereocenters. The van der Waals surface area contributed by atoms with Gasteiger partial charge in [0.25, 0.3) is 11.7 Å². The van der Waals surface area contributed by atoms with Crippen molar-refractivity contribution >= 4 is 29.1 Å². The fourth-order valence-corrected chi connectivity index (χ4v) is 4.47. The fourth-order valence-electron chi connectivity index (χ4n) is 4.34. The summed E-state index contributed by atoms with van der Waals surface area (Å²) in [5.41, 5.74) is 2.16. The molecule has 3 aromatic rings. The Kier molecular flexibility index (Phi) is 5.99. The van der Waals surface area contributed by atoms with Gasteiger partial charge in [-0.1, -0.05) is 54.1 Å². The van der Waals surface area contributed by atoms with Crippen LogP contribution in [0.4, 0.5) is 0 Å². The second-order valence-electron chi connectivity index (χ2n) is 8.14. The number of amides is 1. The summed E-state index contributed by atoms with van der Waals surface area (Å²) < 4.78 is 11.2. The van der Waals surface area contributed by atoms with Gasteiger partial charge >= 0.3 is 0 Å². The van der Waals surface area contributed by atoms with Crippen molar-refractivity contribution in [3.63, 3.8) is 0 Å². The Morgan fingerprint density at radius 3 is 2.38 bits per heavy atom. The average Bonchev–Trinajstić information content (AvgIpc) is 3.12. The fraction of sp³-hybridized carbons (Fsp3) is 0.185. The number of ketones is 1. The maximum Gasteiger partial charge on any atom is 0.295 e. The van der Waals surface area contributed by atoms with Gasteiger partial charge in [-0.15, -0.1) is 0 Å². The molecule has 1 saturated heterocycles. The van der Waals surface area contributed by atoms with Crippen molar-refractivity contribution in [1.82, 2.24) is 4.90 Å². The first-order valence-corrected chi connectivity index (χ1v) is 11.4. The number of carbonyl (C=O) groups excluding carboxylic acids is 2. The van der Waals surface area contributed by atoms with Gasteiger partial charge in [0.1, 0.15) is 19.0 Å². The molecule has 6 nitrogen and oxygen atoms in total. The van der Waals surface area contributed by atoms with Crippen molar-refractivity contribution in [1.29, 1.82) is 0 Å². The molecule has 3 aromatic carbocycles. The highest BCUT2D eigenvalue weighted by Crippen LogP contribution is 2.41. The van der Waals surface area contributed by atoms with E-state index in [1.807, 2.05) is 30.3 Å². The molecule has 172 valence electrons. The molecule has 0 aliphatic carbocycles. The Hall–Kier alpha value is -3.77. The monoisotopic (exact) mass is 475 g/mol. The molecular weight excluding hydrogens is 454 g/mol. The van der Waals surface area contributed by atoms with Gasteiger partial charge in [0, 0.05) is 17.1 Å². The first-order chi connectivity index (χ1) is 16.5. The van der Waals surface area contributed by atoms with Gasteiger partial charge in [0.05, 0.1) is 11.6 Å². The summed E-state index contributed by atoms with van der Waals surface area (Å²) in [7, 11) is 0.